The summed E-state index contributed by atoms with van der Waals surface area (Å²) in [5, 5.41) is 18.0. The van der Waals surface area contributed by atoms with E-state index in [-0.39, 0.29) is 6.61 Å². The Morgan fingerprint density at radius 3 is 2.58 bits per heavy atom. The number of ether oxygens (including phenoxy) is 1. The molecule has 26 heavy (non-hydrogen) atoms. The minimum atomic E-state index is 0.241. The van der Waals surface area contributed by atoms with Crippen LogP contribution in [0.3, 0.4) is 0 Å². The third-order valence-corrected chi connectivity index (χ3v) is 4.98. The molecule has 6 nitrogen and oxygen atoms in total. The molecule has 0 fully saturated rings. The summed E-state index contributed by atoms with van der Waals surface area (Å²) in [5.74, 6) is 8.08. The van der Waals surface area contributed by atoms with Gasteiger partial charge in [-0.2, -0.15) is 5.26 Å². The number of nitriles is 1. The molecule has 2 aromatic carbocycles. The molecule has 0 aliphatic heterocycles. The van der Waals surface area contributed by atoms with Crippen LogP contribution in [-0.2, 0) is 12.4 Å². The van der Waals surface area contributed by atoms with Crippen molar-refractivity contribution in [3.05, 3.63) is 70.5 Å². The second-order valence-electron chi connectivity index (χ2n) is 5.84. The van der Waals surface area contributed by atoms with Crippen molar-refractivity contribution in [1.29, 1.82) is 5.26 Å². The average molecular weight is 365 g/mol. The van der Waals surface area contributed by atoms with Crippen molar-refractivity contribution in [2.24, 2.45) is 0 Å². The van der Waals surface area contributed by atoms with E-state index in [1.165, 1.54) is 16.4 Å². The lowest BCUT2D eigenvalue weighted by atomic mass is 10.1. The largest absolute Gasteiger partial charge is 0.485 e. The third-order valence-electron chi connectivity index (χ3n) is 3.98. The fourth-order valence-corrected chi connectivity index (χ4v) is 3.44. The number of hydrogen-bond donors (Lipinski definition) is 1. The number of thioether (sulfide) groups is 1. The maximum absolute atomic E-state index is 9.16. The molecule has 3 rings (SSSR count). The molecule has 0 aliphatic carbocycles. The van der Waals surface area contributed by atoms with Gasteiger partial charge in [-0.3, -0.25) is 0 Å². The maximum Gasteiger partial charge on any atom is 0.210 e. The van der Waals surface area contributed by atoms with Crippen LogP contribution in [0.1, 0.15) is 28.1 Å². The van der Waals surface area contributed by atoms with Crippen molar-refractivity contribution >= 4 is 11.8 Å². The number of aryl methyl sites for hydroxylation is 2. The van der Waals surface area contributed by atoms with Gasteiger partial charge < -0.3 is 10.6 Å². The Hall–Kier alpha value is -2.98. The molecule has 0 spiro atoms. The van der Waals surface area contributed by atoms with Crippen LogP contribution in [0, 0.1) is 25.2 Å². The molecule has 0 bridgehead atoms. The number of para-hydroxylation sites is 1. The molecular formula is C19H19N5OS. The number of rotatable bonds is 6. The predicted octanol–water partition coefficient (Wildman–Crippen LogP) is 3.35. The summed E-state index contributed by atoms with van der Waals surface area (Å²) in [6.07, 6.45) is 0. The molecule has 0 radical (unpaired) electrons. The second kappa shape index (κ2) is 7.93. The Labute approximate surface area is 156 Å². The number of nitrogen functional groups attached to an aromatic ring is 1. The SMILES string of the molecule is Cc1cccc(C)c1OCc1nnc(SCc2ccccc2C#N)n1N. The molecule has 0 aliphatic rings. The lowest BCUT2D eigenvalue weighted by Crippen LogP contribution is -2.16. The van der Waals surface area contributed by atoms with E-state index in [9.17, 15) is 0 Å². The molecule has 0 atom stereocenters. The van der Waals surface area contributed by atoms with E-state index in [0.717, 1.165) is 22.4 Å². The Morgan fingerprint density at radius 1 is 1.12 bits per heavy atom. The summed E-state index contributed by atoms with van der Waals surface area (Å²) in [6.45, 7) is 4.25. The summed E-state index contributed by atoms with van der Waals surface area (Å²) in [5.41, 5.74) is 3.73. The Balaban J connectivity index is 1.67. The van der Waals surface area contributed by atoms with Gasteiger partial charge in [0.25, 0.3) is 0 Å². The van der Waals surface area contributed by atoms with Crippen LogP contribution in [-0.4, -0.2) is 14.9 Å². The van der Waals surface area contributed by atoms with Gasteiger partial charge in [-0.05, 0) is 36.6 Å². The molecule has 132 valence electrons. The van der Waals surface area contributed by atoms with Crippen LogP contribution in [0.25, 0.3) is 0 Å². The number of hydrogen-bond acceptors (Lipinski definition) is 6. The van der Waals surface area contributed by atoms with Crippen molar-refractivity contribution < 1.29 is 4.74 Å². The molecule has 2 N–H and O–H groups in total. The van der Waals surface area contributed by atoms with Crippen LogP contribution in [0.4, 0.5) is 0 Å². The highest BCUT2D eigenvalue weighted by Crippen LogP contribution is 2.25. The molecule has 0 unspecified atom stereocenters. The van der Waals surface area contributed by atoms with Gasteiger partial charge in [0.15, 0.2) is 5.82 Å². The van der Waals surface area contributed by atoms with Crippen LogP contribution in [0.5, 0.6) is 5.75 Å². The minimum absolute atomic E-state index is 0.241. The van der Waals surface area contributed by atoms with Gasteiger partial charge in [0.1, 0.15) is 12.4 Å². The van der Waals surface area contributed by atoms with Crippen molar-refractivity contribution in [3.8, 4) is 11.8 Å². The number of benzene rings is 2. The van der Waals surface area contributed by atoms with Crippen LogP contribution >= 0.6 is 11.8 Å². The highest BCUT2D eigenvalue weighted by molar-refractivity contribution is 7.98. The first-order chi connectivity index (χ1) is 12.6. The van der Waals surface area contributed by atoms with Gasteiger partial charge in [0, 0.05) is 5.75 Å². The van der Waals surface area contributed by atoms with E-state index in [1.54, 1.807) is 6.07 Å². The first kappa shape index (κ1) is 17.8. The average Bonchev–Trinajstić information content (AvgIpc) is 2.99. The van der Waals surface area contributed by atoms with Gasteiger partial charge in [-0.25, -0.2) is 4.68 Å². The summed E-state index contributed by atoms with van der Waals surface area (Å²) in [4.78, 5) is 0. The third kappa shape index (κ3) is 3.81. The van der Waals surface area contributed by atoms with E-state index in [1.807, 2.05) is 50.2 Å². The van der Waals surface area contributed by atoms with Crippen LogP contribution in [0.15, 0.2) is 47.6 Å². The summed E-state index contributed by atoms with van der Waals surface area (Å²) in [7, 11) is 0. The minimum Gasteiger partial charge on any atom is -0.485 e. The molecule has 3 aromatic rings. The van der Waals surface area contributed by atoms with Gasteiger partial charge in [0.2, 0.25) is 5.16 Å². The molecule has 0 saturated carbocycles. The first-order valence-corrected chi connectivity index (χ1v) is 9.08. The Bertz CT molecular complexity index is 941. The molecule has 1 heterocycles. The van der Waals surface area contributed by atoms with E-state index in [2.05, 4.69) is 16.3 Å². The molecule has 0 saturated heterocycles. The fourth-order valence-electron chi connectivity index (χ4n) is 2.57. The number of nitrogens with two attached hydrogens (primary N) is 1. The zero-order valence-corrected chi connectivity index (χ0v) is 15.5. The Kier molecular flexibility index (Phi) is 5.44. The number of aromatic nitrogens is 3. The summed E-state index contributed by atoms with van der Waals surface area (Å²) >= 11 is 1.44. The quantitative estimate of drug-likeness (QED) is 0.532. The topological polar surface area (TPSA) is 89.8 Å². The van der Waals surface area contributed by atoms with Crippen molar-refractivity contribution in [1.82, 2.24) is 14.9 Å². The van der Waals surface area contributed by atoms with Crippen molar-refractivity contribution in [2.45, 2.75) is 31.4 Å². The Morgan fingerprint density at radius 2 is 1.85 bits per heavy atom. The van der Waals surface area contributed by atoms with Gasteiger partial charge >= 0.3 is 0 Å². The van der Waals surface area contributed by atoms with Crippen molar-refractivity contribution in [2.75, 3.05) is 5.84 Å². The zero-order chi connectivity index (χ0) is 18.5. The molecule has 1 aromatic heterocycles. The van der Waals surface area contributed by atoms with Gasteiger partial charge in [-0.1, -0.05) is 48.2 Å². The van der Waals surface area contributed by atoms with E-state index >= 15 is 0 Å². The van der Waals surface area contributed by atoms with Crippen LogP contribution < -0.4 is 10.6 Å². The fraction of sp³-hybridized carbons (Fsp3) is 0.211. The van der Waals surface area contributed by atoms with E-state index in [4.69, 9.17) is 15.8 Å². The van der Waals surface area contributed by atoms with Gasteiger partial charge in [0.05, 0.1) is 11.6 Å². The highest BCUT2D eigenvalue weighted by Gasteiger charge is 2.13. The normalized spacial score (nSPS) is 10.5. The van der Waals surface area contributed by atoms with E-state index in [0.29, 0.717) is 22.3 Å². The smallest absolute Gasteiger partial charge is 0.210 e. The van der Waals surface area contributed by atoms with E-state index < -0.39 is 0 Å². The molecule has 0 amide bonds. The monoisotopic (exact) mass is 365 g/mol. The highest BCUT2D eigenvalue weighted by atomic mass is 32.2. The maximum atomic E-state index is 9.16. The predicted molar refractivity (Wildman–Crippen MR) is 101 cm³/mol. The zero-order valence-electron chi connectivity index (χ0n) is 14.6. The lowest BCUT2D eigenvalue weighted by molar-refractivity contribution is 0.288. The van der Waals surface area contributed by atoms with Crippen LogP contribution in [0.2, 0.25) is 0 Å². The molecule has 7 heteroatoms. The summed E-state index contributed by atoms with van der Waals surface area (Å²) in [6, 6.07) is 15.7. The standard InChI is InChI=1S/C19H19N5OS/c1-13-6-5-7-14(2)18(13)25-11-17-22-23-19(24(17)21)26-12-16-9-4-3-8-15(16)10-20/h3-9H,11-12,21H2,1-2H3. The molecular weight excluding hydrogens is 346 g/mol. The second-order valence-corrected chi connectivity index (χ2v) is 6.78. The van der Waals surface area contributed by atoms with Gasteiger partial charge in [-0.15, -0.1) is 10.2 Å². The number of nitrogens with zero attached hydrogens (tertiary/aromatic N) is 4. The lowest BCUT2D eigenvalue weighted by Gasteiger charge is -2.11. The first-order valence-electron chi connectivity index (χ1n) is 8.09. The summed E-state index contributed by atoms with van der Waals surface area (Å²) < 4.78 is 7.33. The van der Waals surface area contributed by atoms with Crippen molar-refractivity contribution in [3.63, 3.8) is 0 Å².